The summed E-state index contributed by atoms with van der Waals surface area (Å²) in [7, 11) is 1.35. The van der Waals surface area contributed by atoms with Gasteiger partial charge in [0.2, 0.25) is 0 Å². The largest absolute Gasteiger partial charge is 0.431 e. The molecule has 0 spiro atoms. The second-order valence-corrected chi connectivity index (χ2v) is 2.47. The molecular weight excluding hydrogens is 169 g/mol. The normalized spacial score (nSPS) is 12.1. The lowest BCUT2D eigenvalue weighted by atomic mass is 10.4. The first-order chi connectivity index (χ1) is 5.46. The van der Waals surface area contributed by atoms with Crippen LogP contribution in [0.2, 0.25) is 0 Å². The molecule has 2 nitrogen and oxygen atoms in total. The predicted octanol–water partition coefficient (Wildman–Crippen LogP) is 1.50. The van der Waals surface area contributed by atoms with E-state index in [0.717, 1.165) is 10.6 Å². The molecule has 0 aromatic carbocycles. The number of alkyl halides is 3. The lowest BCUT2D eigenvalue weighted by molar-refractivity contribution is -0.143. The Hall–Kier alpha value is -0.970. The van der Waals surface area contributed by atoms with Gasteiger partial charge in [0.1, 0.15) is 5.69 Å². The minimum absolute atomic E-state index is 0.118. The molecule has 1 aromatic rings. The van der Waals surface area contributed by atoms with Gasteiger partial charge in [0.25, 0.3) is 0 Å². The third-order valence-electron chi connectivity index (χ3n) is 1.73. The molecule has 5 heteroatoms. The molecule has 0 aliphatic carbocycles. The van der Waals surface area contributed by atoms with Crippen molar-refractivity contribution in [2.75, 3.05) is 0 Å². The van der Waals surface area contributed by atoms with Crippen molar-refractivity contribution in [3.05, 3.63) is 23.5 Å². The highest BCUT2D eigenvalue weighted by Crippen LogP contribution is 2.29. The third-order valence-corrected chi connectivity index (χ3v) is 1.73. The van der Waals surface area contributed by atoms with E-state index in [-0.39, 0.29) is 6.54 Å². The number of aromatic nitrogens is 1. The maximum absolute atomic E-state index is 12.1. The van der Waals surface area contributed by atoms with Crippen molar-refractivity contribution in [2.24, 2.45) is 12.8 Å². The van der Waals surface area contributed by atoms with E-state index in [4.69, 9.17) is 5.73 Å². The summed E-state index contributed by atoms with van der Waals surface area (Å²) >= 11 is 0. The van der Waals surface area contributed by atoms with Crippen molar-refractivity contribution in [1.29, 1.82) is 0 Å². The fourth-order valence-electron chi connectivity index (χ4n) is 1.04. The van der Waals surface area contributed by atoms with Gasteiger partial charge < -0.3 is 10.3 Å². The zero-order chi connectivity index (χ0) is 9.35. The van der Waals surface area contributed by atoms with E-state index in [1.54, 1.807) is 0 Å². The maximum atomic E-state index is 12.1. The van der Waals surface area contributed by atoms with Crippen molar-refractivity contribution in [3.63, 3.8) is 0 Å². The van der Waals surface area contributed by atoms with Gasteiger partial charge in [0.05, 0.1) is 0 Å². The first kappa shape index (κ1) is 9.12. The topological polar surface area (TPSA) is 30.9 Å². The fraction of sp³-hybridized carbons (Fsp3) is 0.429. The lowest BCUT2D eigenvalue weighted by Gasteiger charge is -2.08. The van der Waals surface area contributed by atoms with Crippen molar-refractivity contribution in [1.82, 2.24) is 4.57 Å². The molecule has 0 amide bonds. The van der Waals surface area contributed by atoms with Crippen LogP contribution in [0.3, 0.4) is 0 Å². The Kier molecular flexibility index (Phi) is 2.14. The molecule has 0 aliphatic heterocycles. The minimum atomic E-state index is -4.29. The summed E-state index contributed by atoms with van der Waals surface area (Å²) in [5.74, 6) is 0. The molecule has 0 bridgehead atoms. The van der Waals surface area contributed by atoms with Crippen LogP contribution in [0.1, 0.15) is 11.4 Å². The summed E-state index contributed by atoms with van der Waals surface area (Å²) in [4.78, 5) is 0. The number of nitrogens with zero attached hydrogens (tertiary/aromatic N) is 1. The van der Waals surface area contributed by atoms with Gasteiger partial charge in [-0.3, -0.25) is 0 Å². The zero-order valence-corrected chi connectivity index (χ0v) is 6.52. The molecule has 0 radical (unpaired) electrons. The standard InChI is InChI=1S/C7H9F3N2/c1-12-5(4-11)2-3-6(12)7(8,9)10/h2-3H,4,11H2,1H3. The van der Waals surface area contributed by atoms with Gasteiger partial charge in [-0.15, -0.1) is 0 Å². The summed E-state index contributed by atoms with van der Waals surface area (Å²) in [5.41, 5.74) is 5.03. The second kappa shape index (κ2) is 2.82. The molecule has 1 rings (SSSR count). The zero-order valence-electron chi connectivity index (χ0n) is 6.52. The predicted molar refractivity (Wildman–Crippen MR) is 38.3 cm³/mol. The molecule has 0 aliphatic rings. The Morgan fingerprint density at radius 3 is 2.25 bits per heavy atom. The van der Waals surface area contributed by atoms with E-state index in [2.05, 4.69) is 0 Å². The van der Waals surface area contributed by atoms with E-state index in [1.807, 2.05) is 0 Å². The third kappa shape index (κ3) is 1.45. The molecule has 0 saturated carbocycles. The summed E-state index contributed by atoms with van der Waals surface area (Å²) in [6.45, 7) is 0.118. The molecule has 0 unspecified atom stereocenters. The fourth-order valence-corrected chi connectivity index (χ4v) is 1.04. The first-order valence-electron chi connectivity index (χ1n) is 3.38. The Morgan fingerprint density at radius 1 is 1.42 bits per heavy atom. The maximum Gasteiger partial charge on any atom is 0.431 e. The molecular formula is C7H9F3N2. The smallest absolute Gasteiger partial charge is 0.343 e. The van der Waals surface area contributed by atoms with Gasteiger partial charge in [-0.25, -0.2) is 0 Å². The van der Waals surface area contributed by atoms with Crippen LogP contribution in [0.25, 0.3) is 0 Å². The van der Waals surface area contributed by atoms with E-state index < -0.39 is 11.9 Å². The van der Waals surface area contributed by atoms with Crippen molar-refractivity contribution in [2.45, 2.75) is 12.7 Å². The van der Waals surface area contributed by atoms with Crippen LogP contribution >= 0.6 is 0 Å². The van der Waals surface area contributed by atoms with Crippen LogP contribution in [0.15, 0.2) is 12.1 Å². The SMILES string of the molecule is Cn1c(CN)ccc1C(F)(F)F. The Balaban J connectivity index is 3.11. The number of hydrogen-bond acceptors (Lipinski definition) is 1. The van der Waals surface area contributed by atoms with Crippen molar-refractivity contribution >= 4 is 0 Å². The van der Waals surface area contributed by atoms with E-state index in [1.165, 1.54) is 13.1 Å². The van der Waals surface area contributed by atoms with Crippen LogP contribution in [0, 0.1) is 0 Å². The molecule has 0 atom stereocenters. The molecule has 68 valence electrons. The van der Waals surface area contributed by atoms with Gasteiger partial charge in [-0.05, 0) is 12.1 Å². The summed E-state index contributed by atoms with van der Waals surface area (Å²) in [6, 6.07) is 2.41. The summed E-state index contributed by atoms with van der Waals surface area (Å²) < 4.78 is 37.5. The van der Waals surface area contributed by atoms with Gasteiger partial charge in [-0.1, -0.05) is 0 Å². The van der Waals surface area contributed by atoms with Gasteiger partial charge in [-0.2, -0.15) is 13.2 Å². The van der Waals surface area contributed by atoms with E-state index in [0.29, 0.717) is 5.69 Å². The summed E-state index contributed by atoms with van der Waals surface area (Å²) in [5, 5.41) is 0. The average molecular weight is 178 g/mol. The average Bonchev–Trinajstić information content (AvgIpc) is 2.29. The molecule has 0 saturated heterocycles. The number of nitrogens with two attached hydrogens (primary N) is 1. The quantitative estimate of drug-likeness (QED) is 0.694. The van der Waals surface area contributed by atoms with Crippen LogP contribution in [0.4, 0.5) is 13.2 Å². The molecule has 0 fully saturated rings. The van der Waals surface area contributed by atoms with Crippen LogP contribution in [0.5, 0.6) is 0 Å². The number of hydrogen-bond donors (Lipinski definition) is 1. The first-order valence-corrected chi connectivity index (χ1v) is 3.38. The molecule has 1 heterocycles. The minimum Gasteiger partial charge on any atom is -0.343 e. The monoisotopic (exact) mass is 178 g/mol. The van der Waals surface area contributed by atoms with Gasteiger partial charge in [0.15, 0.2) is 0 Å². The van der Waals surface area contributed by atoms with Crippen LogP contribution in [-0.2, 0) is 19.8 Å². The van der Waals surface area contributed by atoms with Crippen molar-refractivity contribution in [3.8, 4) is 0 Å². The highest BCUT2D eigenvalue weighted by Gasteiger charge is 2.33. The van der Waals surface area contributed by atoms with E-state index in [9.17, 15) is 13.2 Å². The Morgan fingerprint density at radius 2 is 2.00 bits per heavy atom. The van der Waals surface area contributed by atoms with Gasteiger partial charge in [0, 0.05) is 19.3 Å². The number of halogens is 3. The second-order valence-electron chi connectivity index (χ2n) is 2.47. The van der Waals surface area contributed by atoms with E-state index >= 15 is 0 Å². The Labute approximate surface area is 67.8 Å². The molecule has 2 N–H and O–H groups in total. The lowest BCUT2D eigenvalue weighted by Crippen LogP contribution is -2.13. The molecule has 1 aromatic heterocycles. The summed E-state index contributed by atoms with van der Waals surface area (Å²) in [6.07, 6.45) is -4.29. The number of rotatable bonds is 1. The van der Waals surface area contributed by atoms with Crippen LogP contribution in [-0.4, -0.2) is 4.57 Å². The Bertz CT molecular complexity index is 275. The van der Waals surface area contributed by atoms with Crippen LogP contribution < -0.4 is 5.73 Å². The highest BCUT2D eigenvalue weighted by molar-refractivity contribution is 5.18. The van der Waals surface area contributed by atoms with Gasteiger partial charge >= 0.3 is 6.18 Å². The van der Waals surface area contributed by atoms with Crippen molar-refractivity contribution < 1.29 is 13.2 Å². The molecule has 12 heavy (non-hydrogen) atoms. The highest BCUT2D eigenvalue weighted by atomic mass is 19.4.